The Kier molecular flexibility index (Phi) is 14.4. The molecule has 0 amide bonds. The van der Waals surface area contributed by atoms with Crippen LogP contribution in [0, 0.1) is 0 Å². The summed E-state index contributed by atoms with van der Waals surface area (Å²) in [6.07, 6.45) is 10.3. The van der Waals surface area contributed by atoms with E-state index in [4.69, 9.17) is 14.6 Å². The fraction of sp³-hybridized carbons (Fsp3) is 0.481. The fourth-order valence-corrected chi connectivity index (χ4v) is 3.35. The number of hydrogen-bond acceptors (Lipinski definition) is 3. The van der Waals surface area contributed by atoms with Crippen LogP contribution in [0.5, 0.6) is 5.75 Å². The average molecular weight is 413 g/mol. The van der Waals surface area contributed by atoms with Crippen molar-refractivity contribution in [2.75, 3.05) is 20.8 Å². The van der Waals surface area contributed by atoms with Crippen LogP contribution in [0.2, 0.25) is 0 Å². The molecule has 166 valence electrons. The predicted molar refractivity (Wildman–Crippen MR) is 127 cm³/mol. The summed E-state index contributed by atoms with van der Waals surface area (Å²) in [4.78, 5) is 0. The monoisotopic (exact) mass is 412 g/mol. The molecule has 0 aliphatic heterocycles. The van der Waals surface area contributed by atoms with Gasteiger partial charge < -0.3 is 14.6 Å². The lowest BCUT2D eigenvalue weighted by Crippen LogP contribution is -2.02. The van der Waals surface area contributed by atoms with Gasteiger partial charge in [-0.05, 0) is 68.2 Å². The third-order valence-corrected chi connectivity index (χ3v) is 4.96. The quantitative estimate of drug-likeness (QED) is 0.300. The molecule has 0 saturated carbocycles. The molecule has 30 heavy (non-hydrogen) atoms. The Hall–Kier alpha value is -2.10. The van der Waals surface area contributed by atoms with Gasteiger partial charge >= 0.3 is 0 Å². The zero-order valence-corrected chi connectivity index (χ0v) is 19.3. The van der Waals surface area contributed by atoms with Gasteiger partial charge in [-0.1, -0.05) is 67.5 Å². The number of aliphatic hydroxyl groups excluding tert-OH is 1. The van der Waals surface area contributed by atoms with E-state index >= 15 is 0 Å². The topological polar surface area (TPSA) is 38.7 Å². The van der Waals surface area contributed by atoms with E-state index in [1.807, 2.05) is 0 Å². The molecule has 2 aromatic rings. The van der Waals surface area contributed by atoms with Crippen LogP contribution in [-0.2, 0) is 24.2 Å². The maximum Gasteiger partial charge on any atom is 0.122 e. The highest BCUT2D eigenvalue weighted by atomic mass is 16.5. The third-order valence-electron chi connectivity index (χ3n) is 4.96. The second-order valence-corrected chi connectivity index (χ2v) is 7.51. The van der Waals surface area contributed by atoms with Crippen molar-refractivity contribution in [2.24, 2.45) is 0 Å². The van der Waals surface area contributed by atoms with E-state index in [-0.39, 0.29) is 0 Å². The van der Waals surface area contributed by atoms with Crippen molar-refractivity contribution < 1.29 is 14.6 Å². The van der Waals surface area contributed by atoms with Crippen LogP contribution in [0.4, 0.5) is 0 Å². The number of benzene rings is 2. The zero-order chi connectivity index (χ0) is 22.0. The second-order valence-electron chi connectivity index (χ2n) is 7.51. The number of para-hydroxylation sites is 1. The lowest BCUT2D eigenvalue weighted by atomic mass is 10.0. The Morgan fingerprint density at radius 3 is 2.50 bits per heavy atom. The second kappa shape index (κ2) is 16.7. The number of methoxy groups -OCH3 is 1. The van der Waals surface area contributed by atoms with E-state index < -0.39 is 0 Å². The molecule has 3 nitrogen and oxygen atoms in total. The molecule has 0 radical (unpaired) electrons. The summed E-state index contributed by atoms with van der Waals surface area (Å²) >= 11 is 0. The first-order chi connectivity index (χ1) is 14.7. The van der Waals surface area contributed by atoms with Crippen molar-refractivity contribution in [3.63, 3.8) is 0 Å². The van der Waals surface area contributed by atoms with Crippen LogP contribution in [0.3, 0.4) is 0 Å². The van der Waals surface area contributed by atoms with Crippen LogP contribution < -0.4 is 4.74 Å². The number of unbranched alkanes of at least 4 members (excludes halogenated alkanes) is 2. The first kappa shape index (κ1) is 25.9. The summed E-state index contributed by atoms with van der Waals surface area (Å²) < 4.78 is 11.4. The molecule has 0 fully saturated rings. The van der Waals surface area contributed by atoms with Gasteiger partial charge in [0.25, 0.3) is 0 Å². The van der Waals surface area contributed by atoms with E-state index in [2.05, 4.69) is 68.5 Å². The highest BCUT2D eigenvalue weighted by Crippen LogP contribution is 2.21. The molecule has 0 unspecified atom stereocenters. The first-order valence-corrected chi connectivity index (χ1v) is 11.1. The molecule has 0 aromatic heterocycles. The molecule has 1 N–H and O–H groups in total. The average Bonchev–Trinajstić information content (AvgIpc) is 2.78. The van der Waals surface area contributed by atoms with Gasteiger partial charge in [-0.2, -0.15) is 0 Å². The molecule has 0 heterocycles. The predicted octanol–water partition coefficient (Wildman–Crippen LogP) is 6.52. The van der Waals surface area contributed by atoms with Crippen molar-refractivity contribution >= 4 is 0 Å². The summed E-state index contributed by atoms with van der Waals surface area (Å²) in [6, 6.07) is 17.1. The minimum Gasteiger partial charge on any atom is -0.493 e. The maximum atomic E-state index is 7.00. The summed E-state index contributed by atoms with van der Waals surface area (Å²) in [6.45, 7) is 5.93. The van der Waals surface area contributed by atoms with Crippen LogP contribution >= 0.6 is 0 Å². The Bertz CT molecular complexity index is 722. The minimum atomic E-state index is 0.667. The van der Waals surface area contributed by atoms with Gasteiger partial charge in [-0.25, -0.2) is 0 Å². The smallest absolute Gasteiger partial charge is 0.122 e. The van der Waals surface area contributed by atoms with Gasteiger partial charge in [0.15, 0.2) is 0 Å². The summed E-state index contributed by atoms with van der Waals surface area (Å²) in [7, 11) is 2.74. The van der Waals surface area contributed by atoms with E-state index in [9.17, 15) is 0 Å². The number of hydrogen-bond donors (Lipinski definition) is 1. The third kappa shape index (κ3) is 10.6. The molecule has 0 aliphatic carbocycles. The molecule has 0 aliphatic rings. The SMILES string of the molecule is CCCC=C(C)CCCCOc1ccccc1CCc1cccc(COC)c1.CO. The van der Waals surface area contributed by atoms with Gasteiger partial charge in [0, 0.05) is 14.2 Å². The molecule has 0 bridgehead atoms. The highest BCUT2D eigenvalue weighted by molar-refractivity contribution is 5.34. The van der Waals surface area contributed by atoms with Crippen molar-refractivity contribution in [1.29, 1.82) is 0 Å². The summed E-state index contributed by atoms with van der Waals surface area (Å²) in [5.74, 6) is 1.04. The zero-order valence-electron chi connectivity index (χ0n) is 19.3. The summed E-state index contributed by atoms with van der Waals surface area (Å²) in [5, 5.41) is 7.00. The number of aryl methyl sites for hydroxylation is 2. The lowest BCUT2D eigenvalue weighted by molar-refractivity contribution is 0.185. The molecule has 0 spiro atoms. The number of ether oxygens (including phenoxy) is 2. The minimum absolute atomic E-state index is 0.667. The van der Waals surface area contributed by atoms with Crippen molar-refractivity contribution in [3.05, 3.63) is 76.9 Å². The first-order valence-electron chi connectivity index (χ1n) is 11.1. The Labute approximate surface area is 183 Å². The lowest BCUT2D eigenvalue weighted by Gasteiger charge is -2.12. The van der Waals surface area contributed by atoms with Gasteiger partial charge in [0.05, 0.1) is 13.2 Å². The standard InChI is InChI=1S/C26H36O2.CH4O/c1-4-5-11-22(2)12-8-9-19-28-26-16-7-6-15-25(26)18-17-23-13-10-14-24(20-23)21-27-3;1-2/h6-7,10-11,13-16,20H,4-5,8-9,12,17-19,21H2,1-3H3;2H,1H3. The van der Waals surface area contributed by atoms with Crippen LogP contribution in [0.1, 0.15) is 62.6 Å². The van der Waals surface area contributed by atoms with Crippen LogP contribution in [-0.4, -0.2) is 25.9 Å². The number of aliphatic hydroxyl groups is 1. The molecule has 3 heteroatoms. The molecular formula is C27H40O3. The Morgan fingerprint density at radius 1 is 0.967 bits per heavy atom. The van der Waals surface area contributed by atoms with Gasteiger partial charge in [-0.15, -0.1) is 0 Å². The Balaban J connectivity index is 0.00000218. The molecule has 0 atom stereocenters. The summed E-state index contributed by atoms with van der Waals surface area (Å²) in [5.41, 5.74) is 5.38. The van der Waals surface area contributed by atoms with Crippen molar-refractivity contribution in [3.8, 4) is 5.75 Å². The molecule has 2 aromatic carbocycles. The molecule has 2 rings (SSSR count). The highest BCUT2D eigenvalue weighted by Gasteiger charge is 2.05. The number of rotatable bonds is 13. The fourth-order valence-electron chi connectivity index (χ4n) is 3.35. The van der Waals surface area contributed by atoms with Crippen LogP contribution in [0.25, 0.3) is 0 Å². The number of allylic oxidation sites excluding steroid dienone is 2. The van der Waals surface area contributed by atoms with Gasteiger partial charge in [-0.3, -0.25) is 0 Å². The molecular weight excluding hydrogens is 372 g/mol. The van der Waals surface area contributed by atoms with Crippen LogP contribution in [0.15, 0.2) is 60.2 Å². The van der Waals surface area contributed by atoms with E-state index in [0.717, 1.165) is 38.7 Å². The Morgan fingerprint density at radius 2 is 1.73 bits per heavy atom. The maximum absolute atomic E-state index is 7.00. The van der Waals surface area contributed by atoms with Gasteiger partial charge in [0.2, 0.25) is 0 Å². The molecule has 0 saturated heterocycles. The van der Waals surface area contributed by atoms with Gasteiger partial charge in [0.1, 0.15) is 5.75 Å². The van der Waals surface area contributed by atoms with E-state index in [1.165, 1.54) is 47.9 Å². The van der Waals surface area contributed by atoms with E-state index in [0.29, 0.717) is 6.61 Å². The van der Waals surface area contributed by atoms with E-state index in [1.54, 1.807) is 7.11 Å². The normalized spacial score (nSPS) is 11.0. The largest absolute Gasteiger partial charge is 0.493 e. The van der Waals surface area contributed by atoms with Crippen molar-refractivity contribution in [1.82, 2.24) is 0 Å². The van der Waals surface area contributed by atoms with Crippen molar-refractivity contribution in [2.45, 2.75) is 65.4 Å².